The molecule has 104 valence electrons. The number of carbonyl (C=O) groups is 1. The van der Waals surface area contributed by atoms with Crippen LogP contribution in [0.15, 0.2) is 22.7 Å². The summed E-state index contributed by atoms with van der Waals surface area (Å²) in [5, 5.41) is 0. The number of hydrogen-bond acceptors (Lipinski definition) is 2. The van der Waals surface area contributed by atoms with Crippen molar-refractivity contribution in [2.45, 2.75) is 39.4 Å². The van der Waals surface area contributed by atoms with Gasteiger partial charge < -0.3 is 4.74 Å². The molecule has 1 saturated heterocycles. The van der Waals surface area contributed by atoms with Crippen LogP contribution < -0.4 is 0 Å². The zero-order valence-corrected chi connectivity index (χ0v) is 12.9. The highest BCUT2D eigenvalue weighted by molar-refractivity contribution is 9.10. The van der Waals surface area contributed by atoms with Gasteiger partial charge in [-0.1, -0.05) is 22.9 Å². The lowest BCUT2D eigenvalue weighted by Crippen LogP contribution is -2.28. The molecule has 2 nitrogen and oxygen atoms in total. The van der Waals surface area contributed by atoms with Crippen LogP contribution in [0.1, 0.15) is 26.3 Å². The van der Waals surface area contributed by atoms with Gasteiger partial charge in [-0.25, -0.2) is 4.39 Å². The molecule has 0 spiro atoms. The third-order valence-corrected chi connectivity index (χ3v) is 4.76. The summed E-state index contributed by atoms with van der Waals surface area (Å²) in [6, 6.07) is 4.43. The van der Waals surface area contributed by atoms with Gasteiger partial charge in [0.05, 0.1) is 12.2 Å². The lowest BCUT2D eigenvalue weighted by Gasteiger charge is -2.17. The molecule has 1 aromatic rings. The highest BCUT2D eigenvalue weighted by Crippen LogP contribution is 2.34. The van der Waals surface area contributed by atoms with Crippen LogP contribution in [0.3, 0.4) is 0 Å². The maximum absolute atomic E-state index is 13.2. The minimum atomic E-state index is -0.317. The van der Waals surface area contributed by atoms with E-state index in [-0.39, 0.29) is 42.1 Å². The summed E-state index contributed by atoms with van der Waals surface area (Å²) in [5.74, 6) is -0.0983. The first-order chi connectivity index (χ1) is 8.90. The van der Waals surface area contributed by atoms with Gasteiger partial charge in [0.1, 0.15) is 11.6 Å². The molecule has 0 saturated carbocycles. The van der Waals surface area contributed by atoms with E-state index in [1.807, 2.05) is 20.8 Å². The average molecular weight is 329 g/mol. The van der Waals surface area contributed by atoms with E-state index in [4.69, 9.17) is 4.74 Å². The summed E-state index contributed by atoms with van der Waals surface area (Å²) in [6.07, 6.45) is 0.276. The first-order valence-corrected chi connectivity index (χ1v) is 7.31. The predicted molar refractivity (Wildman–Crippen MR) is 75.5 cm³/mol. The maximum atomic E-state index is 13.2. The second-order valence-corrected chi connectivity index (χ2v) is 6.16. The molecule has 0 radical (unpaired) electrons. The van der Waals surface area contributed by atoms with Crippen LogP contribution in [0.25, 0.3) is 0 Å². The SMILES string of the molecule is CC1OC(C)C(C(=O)Cc2cc(F)ccc2Br)C1C. The Bertz CT molecular complexity index is 489. The van der Waals surface area contributed by atoms with Crippen LogP contribution in [0, 0.1) is 17.7 Å². The molecule has 1 aliphatic heterocycles. The van der Waals surface area contributed by atoms with Crippen LogP contribution in [0.2, 0.25) is 0 Å². The molecule has 4 atom stereocenters. The van der Waals surface area contributed by atoms with E-state index in [0.717, 1.165) is 4.47 Å². The van der Waals surface area contributed by atoms with Crippen LogP contribution in [-0.2, 0) is 16.0 Å². The largest absolute Gasteiger partial charge is 0.375 e. The molecule has 1 heterocycles. The van der Waals surface area contributed by atoms with Gasteiger partial charge in [-0.05, 0) is 43.5 Å². The Morgan fingerprint density at radius 2 is 2.00 bits per heavy atom. The Hall–Kier alpha value is -0.740. The number of hydrogen-bond donors (Lipinski definition) is 0. The van der Waals surface area contributed by atoms with Crippen molar-refractivity contribution >= 4 is 21.7 Å². The highest BCUT2D eigenvalue weighted by Gasteiger charge is 2.41. The number of benzene rings is 1. The number of ketones is 1. The summed E-state index contributed by atoms with van der Waals surface area (Å²) in [4.78, 5) is 12.4. The van der Waals surface area contributed by atoms with Gasteiger partial charge in [0.2, 0.25) is 0 Å². The molecule has 0 aromatic heterocycles. The zero-order chi connectivity index (χ0) is 14.2. The van der Waals surface area contributed by atoms with Gasteiger partial charge in [0.15, 0.2) is 0 Å². The number of Topliss-reactive ketones (excluding diaryl/α,β-unsaturated/α-hetero) is 1. The number of ether oxygens (including phenoxy) is 1. The maximum Gasteiger partial charge on any atom is 0.143 e. The molecule has 0 N–H and O–H groups in total. The Morgan fingerprint density at radius 3 is 2.58 bits per heavy atom. The molecule has 19 heavy (non-hydrogen) atoms. The van der Waals surface area contributed by atoms with Gasteiger partial charge in [-0.3, -0.25) is 4.79 Å². The Morgan fingerprint density at radius 1 is 1.32 bits per heavy atom. The first kappa shape index (κ1) is 14.7. The smallest absolute Gasteiger partial charge is 0.143 e. The number of carbonyl (C=O) groups excluding carboxylic acids is 1. The van der Waals surface area contributed by atoms with Gasteiger partial charge in [-0.15, -0.1) is 0 Å². The van der Waals surface area contributed by atoms with E-state index in [1.165, 1.54) is 12.1 Å². The van der Waals surface area contributed by atoms with E-state index >= 15 is 0 Å². The summed E-state index contributed by atoms with van der Waals surface area (Å²) >= 11 is 3.36. The minimum Gasteiger partial charge on any atom is -0.375 e. The molecular formula is C15H18BrFO2. The summed E-state index contributed by atoms with van der Waals surface area (Å²) in [7, 11) is 0. The van der Waals surface area contributed by atoms with Gasteiger partial charge in [-0.2, -0.15) is 0 Å². The van der Waals surface area contributed by atoms with Crippen molar-refractivity contribution in [2.24, 2.45) is 11.8 Å². The Kier molecular flexibility index (Phi) is 4.41. The van der Waals surface area contributed by atoms with Gasteiger partial charge in [0.25, 0.3) is 0 Å². The zero-order valence-electron chi connectivity index (χ0n) is 11.3. The highest BCUT2D eigenvalue weighted by atomic mass is 79.9. The molecule has 1 fully saturated rings. The van der Waals surface area contributed by atoms with Crippen molar-refractivity contribution in [1.29, 1.82) is 0 Å². The second kappa shape index (κ2) is 5.71. The second-order valence-electron chi connectivity index (χ2n) is 5.31. The van der Waals surface area contributed by atoms with E-state index < -0.39 is 0 Å². The first-order valence-electron chi connectivity index (χ1n) is 6.52. The molecular weight excluding hydrogens is 311 g/mol. The Balaban J connectivity index is 2.15. The summed E-state index contributed by atoms with van der Waals surface area (Å²) < 4.78 is 19.7. The van der Waals surface area contributed by atoms with Crippen molar-refractivity contribution < 1.29 is 13.9 Å². The Labute approximate surface area is 121 Å². The van der Waals surface area contributed by atoms with E-state index in [1.54, 1.807) is 6.07 Å². The molecule has 0 bridgehead atoms. The van der Waals surface area contributed by atoms with Crippen LogP contribution in [-0.4, -0.2) is 18.0 Å². The van der Waals surface area contributed by atoms with Crippen LogP contribution >= 0.6 is 15.9 Å². The van der Waals surface area contributed by atoms with E-state index in [9.17, 15) is 9.18 Å². The average Bonchev–Trinajstić information content (AvgIpc) is 2.58. The van der Waals surface area contributed by atoms with Crippen molar-refractivity contribution in [3.63, 3.8) is 0 Å². The summed E-state index contributed by atoms with van der Waals surface area (Å²) in [5.41, 5.74) is 0.698. The van der Waals surface area contributed by atoms with Crippen LogP contribution in [0.4, 0.5) is 4.39 Å². The topological polar surface area (TPSA) is 26.3 Å². The van der Waals surface area contributed by atoms with Crippen molar-refractivity contribution in [2.75, 3.05) is 0 Å². The van der Waals surface area contributed by atoms with Crippen molar-refractivity contribution in [1.82, 2.24) is 0 Å². The fourth-order valence-electron chi connectivity index (χ4n) is 2.81. The monoisotopic (exact) mass is 328 g/mol. The van der Waals surface area contributed by atoms with Gasteiger partial charge >= 0.3 is 0 Å². The molecule has 1 aromatic carbocycles. The fraction of sp³-hybridized carbons (Fsp3) is 0.533. The number of rotatable bonds is 3. The minimum absolute atomic E-state index is 0.0650. The lowest BCUT2D eigenvalue weighted by molar-refractivity contribution is -0.124. The number of halogens is 2. The van der Waals surface area contributed by atoms with Gasteiger partial charge in [0, 0.05) is 16.8 Å². The lowest BCUT2D eigenvalue weighted by atomic mass is 9.84. The fourth-order valence-corrected chi connectivity index (χ4v) is 3.19. The normalized spacial score (nSPS) is 30.6. The molecule has 0 amide bonds. The third-order valence-electron chi connectivity index (χ3n) is 3.99. The summed E-state index contributed by atoms with van der Waals surface area (Å²) in [6.45, 7) is 5.97. The van der Waals surface area contributed by atoms with E-state index in [2.05, 4.69) is 15.9 Å². The standard InChI is InChI=1S/C15H18BrFO2/c1-8-9(2)19-10(3)15(8)14(18)7-11-6-12(17)4-5-13(11)16/h4-6,8-10,15H,7H2,1-3H3. The van der Waals surface area contributed by atoms with Crippen LogP contribution in [0.5, 0.6) is 0 Å². The molecule has 2 rings (SSSR count). The molecule has 4 unspecified atom stereocenters. The van der Waals surface area contributed by atoms with Crippen molar-refractivity contribution in [3.8, 4) is 0 Å². The van der Waals surface area contributed by atoms with E-state index in [0.29, 0.717) is 5.56 Å². The van der Waals surface area contributed by atoms with Crippen molar-refractivity contribution in [3.05, 3.63) is 34.1 Å². The predicted octanol–water partition coefficient (Wildman–Crippen LogP) is 3.76. The quantitative estimate of drug-likeness (QED) is 0.844. The third kappa shape index (κ3) is 3.06. The molecule has 1 aliphatic rings. The molecule has 0 aliphatic carbocycles. The molecule has 4 heteroatoms.